The summed E-state index contributed by atoms with van der Waals surface area (Å²) >= 11 is 0. The van der Waals surface area contributed by atoms with Crippen LogP contribution < -0.4 is 15.4 Å². The van der Waals surface area contributed by atoms with Crippen molar-refractivity contribution in [3.63, 3.8) is 0 Å². The van der Waals surface area contributed by atoms with Crippen molar-refractivity contribution < 1.29 is 9.47 Å². The van der Waals surface area contributed by atoms with Crippen LogP contribution in [0.4, 0.5) is 0 Å². The van der Waals surface area contributed by atoms with Crippen LogP contribution in [0.3, 0.4) is 0 Å². The fourth-order valence-electron chi connectivity index (χ4n) is 4.41. The van der Waals surface area contributed by atoms with E-state index in [9.17, 15) is 0 Å². The van der Waals surface area contributed by atoms with Crippen molar-refractivity contribution in [1.29, 1.82) is 0 Å². The van der Waals surface area contributed by atoms with E-state index >= 15 is 0 Å². The van der Waals surface area contributed by atoms with E-state index in [4.69, 9.17) is 9.47 Å². The number of nitrogens with one attached hydrogen (secondary N) is 2. The Morgan fingerprint density at radius 2 is 1.88 bits per heavy atom. The molecule has 0 spiro atoms. The van der Waals surface area contributed by atoms with E-state index in [1.165, 1.54) is 18.5 Å². The second kappa shape index (κ2) is 13.7. The zero-order valence-corrected chi connectivity index (χ0v) is 23.6. The van der Waals surface area contributed by atoms with Gasteiger partial charge in [-0.25, -0.2) is 0 Å². The van der Waals surface area contributed by atoms with Crippen molar-refractivity contribution in [3.8, 4) is 5.75 Å². The molecule has 1 aromatic rings. The van der Waals surface area contributed by atoms with Crippen LogP contribution in [0.1, 0.15) is 52.5 Å². The first-order valence-corrected chi connectivity index (χ1v) is 12.4. The zero-order chi connectivity index (χ0) is 23.0. The lowest BCUT2D eigenvalue weighted by atomic mass is 9.84. The van der Waals surface area contributed by atoms with Crippen LogP contribution in [0.5, 0.6) is 5.75 Å². The summed E-state index contributed by atoms with van der Waals surface area (Å²) in [5.41, 5.74) is 1.28. The molecule has 33 heavy (non-hydrogen) atoms. The van der Waals surface area contributed by atoms with Gasteiger partial charge in [0, 0.05) is 51.3 Å². The van der Waals surface area contributed by atoms with Crippen LogP contribution in [-0.4, -0.2) is 69.9 Å². The Morgan fingerprint density at radius 1 is 1.18 bits per heavy atom. The van der Waals surface area contributed by atoms with Gasteiger partial charge in [0.25, 0.3) is 0 Å². The third-order valence-corrected chi connectivity index (χ3v) is 6.61. The molecule has 0 radical (unpaired) electrons. The Morgan fingerprint density at radius 3 is 2.45 bits per heavy atom. The number of ether oxygens (including phenoxy) is 2. The molecule has 6 nitrogen and oxygen atoms in total. The summed E-state index contributed by atoms with van der Waals surface area (Å²) in [6.45, 7) is 15.8. The van der Waals surface area contributed by atoms with Crippen LogP contribution in [0.2, 0.25) is 0 Å². The van der Waals surface area contributed by atoms with Gasteiger partial charge in [0.05, 0.1) is 13.2 Å². The van der Waals surface area contributed by atoms with Crippen LogP contribution in [0.15, 0.2) is 29.3 Å². The average Bonchev–Trinajstić information content (AvgIpc) is 3.29. The van der Waals surface area contributed by atoms with Crippen molar-refractivity contribution >= 4 is 29.9 Å². The summed E-state index contributed by atoms with van der Waals surface area (Å²) in [4.78, 5) is 7.08. The molecule has 0 saturated carbocycles. The first-order valence-electron chi connectivity index (χ1n) is 12.4. The minimum Gasteiger partial charge on any atom is -0.493 e. The topological polar surface area (TPSA) is 58.1 Å². The van der Waals surface area contributed by atoms with Gasteiger partial charge in [0.15, 0.2) is 5.96 Å². The van der Waals surface area contributed by atoms with Gasteiger partial charge >= 0.3 is 0 Å². The van der Waals surface area contributed by atoms with E-state index in [-0.39, 0.29) is 29.4 Å². The molecule has 1 unspecified atom stereocenters. The number of benzene rings is 1. The summed E-state index contributed by atoms with van der Waals surface area (Å²) < 4.78 is 11.4. The zero-order valence-electron chi connectivity index (χ0n) is 21.2. The van der Waals surface area contributed by atoms with Crippen molar-refractivity contribution in [2.75, 3.05) is 53.0 Å². The van der Waals surface area contributed by atoms with Gasteiger partial charge in [-0.1, -0.05) is 39.8 Å². The highest BCUT2D eigenvalue weighted by Crippen LogP contribution is 2.25. The number of halogens is 1. The molecule has 188 valence electrons. The maximum absolute atomic E-state index is 5.83. The van der Waals surface area contributed by atoms with Gasteiger partial charge in [-0.15, -0.1) is 24.0 Å². The van der Waals surface area contributed by atoms with Crippen LogP contribution in [-0.2, 0) is 10.2 Å². The van der Waals surface area contributed by atoms with E-state index in [2.05, 4.69) is 72.5 Å². The van der Waals surface area contributed by atoms with Crippen molar-refractivity contribution in [1.82, 2.24) is 15.5 Å². The largest absolute Gasteiger partial charge is 0.493 e. The molecule has 0 aromatic heterocycles. The first kappa shape index (κ1) is 28.2. The fourth-order valence-corrected chi connectivity index (χ4v) is 4.41. The molecule has 0 amide bonds. The fraction of sp³-hybridized carbons (Fsp3) is 0.731. The predicted molar refractivity (Wildman–Crippen MR) is 148 cm³/mol. The number of guanidine groups is 1. The van der Waals surface area contributed by atoms with Crippen LogP contribution in [0, 0.1) is 11.8 Å². The summed E-state index contributed by atoms with van der Waals surface area (Å²) in [7, 11) is 1.86. The summed E-state index contributed by atoms with van der Waals surface area (Å²) in [6.07, 6.45) is 3.54. The maximum atomic E-state index is 5.83. The number of rotatable bonds is 9. The summed E-state index contributed by atoms with van der Waals surface area (Å²) in [5, 5.41) is 7.21. The molecule has 3 rings (SSSR count). The van der Waals surface area contributed by atoms with E-state index in [1.807, 2.05) is 7.05 Å². The normalized spacial score (nSPS) is 20.5. The molecule has 2 fully saturated rings. The highest BCUT2D eigenvalue weighted by atomic mass is 127. The summed E-state index contributed by atoms with van der Waals surface area (Å²) in [5.74, 6) is 3.10. The van der Waals surface area contributed by atoms with E-state index < -0.39 is 0 Å². The van der Waals surface area contributed by atoms with Gasteiger partial charge in [-0.05, 0) is 48.8 Å². The van der Waals surface area contributed by atoms with Gasteiger partial charge in [-0.2, -0.15) is 0 Å². The average molecular weight is 573 g/mol. The molecule has 2 saturated heterocycles. The predicted octanol–water partition coefficient (Wildman–Crippen LogP) is 4.28. The lowest BCUT2D eigenvalue weighted by molar-refractivity contribution is 0.150. The third-order valence-electron chi connectivity index (χ3n) is 6.61. The number of likely N-dealkylation sites (tertiary alicyclic amines) is 1. The Kier molecular flexibility index (Phi) is 11.7. The highest BCUT2D eigenvalue weighted by molar-refractivity contribution is 14.0. The SMILES string of the molecule is CN=C(NCC(C)(C)c1ccc(OCC(C)C)cc1)NC1CCN(CC2CCOC2)CC1.I. The number of hydrogen-bond donors (Lipinski definition) is 2. The minimum atomic E-state index is -0.0130. The molecular weight excluding hydrogens is 527 g/mol. The molecule has 0 bridgehead atoms. The standard InChI is InChI=1S/C26H44N4O2.HI/c1-20(2)17-32-24-8-6-22(7-9-24)26(3,4)19-28-25(27-5)29-23-10-13-30(14-11-23)16-21-12-15-31-18-21;/h6-9,20-21,23H,10-19H2,1-5H3,(H2,27,28,29);1H. The van der Waals surface area contributed by atoms with E-state index in [0.29, 0.717) is 12.0 Å². The molecular formula is C26H45IN4O2. The smallest absolute Gasteiger partial charge is 0.191 e. The maximum Gasteiger partial charge on any atom is 0.191 e. The first-order chi connectivity index (χ1) is 15.4. The third kappa shape index (κ3) is 9.25. The van der Waals surface area contributed by atoms with Gasteiger partial charge in [0.2, 0.25) is 0 Å². The second-order valence-electron chi connectivity index (χ2n) is 10.5. The molecule has 2 heterocycles. The molecule has 2 aliphatic heterocycles. The van der Waals surface area contributed by atoms with Gasteiger partial charge in [0.1, 0.15) is 5.75 Å². The van der Waals surface area contributed by atoms with E-state index in [0.717, 1.165) is 69.9 Å². The Hall–Kier alpha value is -1.06. The molecule has 2 aliphatic rings. The Balaban J connectivity index is 0.00000385. The van der Waals surface area contributed by atoms with Crippen LogP contribution in [0.25, 0.3) is 0 Å². The van der Waals surface area contributed by atoms with Crippen LogP contribution >= 0.6 is 24.0 Å². The van der Waals surface area contributed by atoms with Crippen molar-refractivity contribution in [2.45, 2.75) is 58.4 Å². The number of hydrogen-bond acceptors (Lipinski definition) is 4. The van der Waals surface area contributed by atoms with Crippen molar-refractivity contribution in [2.24, 2.45) is 16.8 Å². The lowest BCUT2D eigenvalue weighted by Crippen LogP contribution is -2.51. The quantitative estimate of drug-likeness (QED) is 0.263. The van der Waals surface area contributed by atoms with Gasteiger partial charge < -0.3 is 25.0 Å². The molecule has 7 heteroatoms. The molecule has 1 aromatic carbocycles. The highest BCUT2D eigenvalue weighted by Gasteiger charge is 2.25. The minimum absolute atomic E-state index is 0. The number of piperidine rings is 1. The lowest BCUT2D eigenvalue weighted by Gasteiger charge is -2.34. The molecule has 1 atom stereocenters. The van der Waals surface area contributed by atoms with Gasteiger partial charge in [-0.3, -0.25) is 4.99 Å². The second-order valence-corrected chi connectivity index (χ2v) is 10.5. The number of nitrogens with zero attached hydrogens (tertiary/aromatic N) is 2. The molecule has 2 N–H and O–H groups in total. The van der Waals surface area contributed by atoms with Crippen molar-refractivity contribution in [3.05, 3.63) is 29.8 Å². The Labute approximate surface area is 218 Å². The van der Waals surface area contributed by atoms with E-state index in [1.54, 1.807) is 0 Å². The summed E-state index contributed by atoms with van der Waals surface area (Å²) in [6, 6.07) is 9.01. The number of aliphatic imine (C=N–C) groups is 1. The molecule has 0 aliphatic carbocycles. The Bertz CT molecular complexity index is 710. The monoisotopic (exact) mass is 572 g/mol.